The minimum Gasteiger partial charge on any atom is -0.368 e. The van der Waals surface area contributed by atoms with Gasteiger partial charge in [-0.05, 0) is 43.5 Å². The van der Waals surface area contributed by atoms with Crippen LogP contribution in [0.3, 0.4) is 0 Å². The summed E-state index contributed by atoms with van der Waals surface area (Å²) in [5, 5.41) is 18.6. The summed E-state index contributed by atoms with van der Waals surface area (Å²) in [4.78, 5) is 19.4. The average Bonchev–Trinajstić information content (AvgIpc) is 2.62. The Morgan fingerprint density at radius 3 is 2.73 bits per heavy atom. The van der Waals surface area contributed by atoms with Crippen molar-refractivity contribution in [2.75, 3.05) is 30.7 Å². The van der Waals surface area contributed by atoms with E-state index in [1.54, 1.807) is 12.1 Å². The highest BCUT2D eigenvalue weighted by Gasteiger charge is 2.25. The Morgan fingerprint density at radius 2 is 2.04 bits per heavy atom. The second-order valence-corrected chi connectivity index (χ2v) is 6.73. The van der Waals surface area contributed by atoms with Gasteiger partial charge < -0.3 is 16.4 Å². The number of nitrogens with one attached hydrogen (secondary N) is 2. The molecule has 0 bridgehead atoms. The van der Waals surface area contributed by atoms with E-state index in [4.69, 9.17) is 17.3 Å². The highest BCUT2D eigenvalue weighted by Crippen LogP contribution is 2.30. The Morgan fingerprint density at radius 1 is 1.31 bits per heavy atom. The third kappa shape index (κ3) is 4.39. The van der Waals surface area contributed by atoms with E-state index in [0.29, 0.717) is 17.5 Å². The van der Waals surface area contributed by atoms with Gasteiger partial charge in [0.15, 0.2) is 0 Å². The second kappa shape index (κ2) is 8.29. The van der Waals surface area contributed by atoms with Gasteiger partial charge >= 0.3 is 5.69 Å². The lowest BCUT2D eigenvalue weighted by Gasteiger charge is -2.23. The molecule has 3 rings (SSSR count). The van der Waals surface area contributed by atoms with Crippen LogP contribution in [0.2, 0.25) is 5.02 Å². The van der Waals surface area contributed by atoms with Gasteiger partial charge in [-0.1, -0.05) is 29.8 Å². The van der Waals surface area contributed by atoms with Crippen LogP contribution in [0.1, 0.15) is 24.1 Å². The fourth-order valence-corrected chi connectivity index (χ4v) is 3.31. The van der Waals surface area contributed by atoms with E-state index in [0.717, 1.165) is 31.5 Å². The zero-order chi connectivity index (χ0) is 18.5. The van der Waals surface area contributed by atoms with Crippen LogP contribution in [0.15, 0.2) is 24.3 Å². The van der Waals surface area contributed by atoms with Crippen molar-refractivity contribution in [3.63, 3.8) is 0 Å². The number of nitrogen functional groups attached to an aromatic ring is 1. The third-order valence-corrected chi connectivity index (χ3v) is 4.86. The summed E-state index contributed by atoms with van der Waals surface area (Å²) in [5.74, 6) is 0.618. The fraction of sp³-hybridized carbons (Fsp3) is 0.412. The van der Waals surface area contributed by atoms with Crippen molar-refractivity contribution in [2.24, 2.45) is 5.92 Å². The molecule has 1 aliphatic heterocycles. The first kappa shape index (κ1) is 18.3. The number of nitrogens with zero attached hydrogens (tertiary/aromatic N) is 3. The lowest BCUT2D eigenvalue weighted by Crippen LogP contribution is -2.31. The van der Waals surface area contributed by atoms with Crippen LogP contribution in [-0.4, -0.2) is 34.5 Å². The van der Waals surface area contributed by atoms with Gasteiger partial charge in [0.05, 0.1) is 4.92 Å². The van der Waals surface area contributed by atoms with Crippen molar-refractivity contribution < 1.29 is 4.92 Å². The molecule has 0 spiro atoms. The predicted octanol–water partition coefficient (Wildman–Crippen LogP) is 2.62. The lowest BCUT2D eigenvalue weighted by atomic mass is 9.98. The molecule has 0 radical (unpaired) electrons. The Balaban J connectivity index is 1.87. The van der Waals surface area contributed by atoms with Gasteiger partial charge in [0.25, 0.3) is 0 Å². The van der Waals surface area contributed by atoms with Crippen LogP contribution >= 0.6 is 11.6 Å². The van der Waals surface area contributed by atoms with Crippen LogP contribution in [0, 0.1) is 16.0 Å². The summed E-state index contributed by atoms with van der Waals surface area (Å²) in [7, 11) is 0. The molecule has 1 aromatic heterocycles. The summed E-state index contributed by atoms with van der Waals surface area (Å²) < 4.78 is 0. The number of aromatic nitrogens is 2. The molecule has 4 N–H and O–H groups in total. The summed E-state index contributed by atoms with van der Waals surface area (Å²) in [6.07, 6.45) is 2.26. The van der Waals surface area contributed by atoms with Gasteiger partial charge in [0.1, 0.15) is 5.69 Å². The maximum absolute atomic E-state index is 11.7. The first-order valence-corrected chi connectivity index (χ1v) is 8.91. The van der Waals surface area contributed by atoms with Gasteiger partial charge in [-0.15, -0.1) is 0 Å². The Kier molecular flexibility index (Phi) is 5.85. The van der Waals surface area contributed by atoms with Gasteiger partial charge in [0.2, 0.25) is 11.8 Å². The highest BCUT2D eigenvalue weighted by molar-refractivity contribution is 6.31. The van der Waals surface area contributed by atoms with Crippen molar-refractivity contribution in [3.8, 4) is 0 Å². The molecule has 2 aromatic rings. The van der Waals surface area contributed by atoms with Crippen LogP contribution in [0.5, 0.6) is 0 Å². The smallest absolute Gasteiger partial charge is 0.333 e. The molecule has 0 saturated carbocycles. The van der Waals surface area contributed by atoms with Crippen molar-refractivity contribution in [1.82, 2.24) is 15.3 Å². The van der Waals surface area contributed by atoms with Crippen LogP contribution in [-0.2, 0) is 6.42 Å². The SMILES string of the molecule is Nc1nc(Cc2ccccc2Cl)c([N+](=O)[O-])c(NCC2CCNCC2)n1. The van der Waals surface area contributed by atoms with Crippen molar-refractivity contribution in [2.45, 2.75) is 19.3 Å². The third-order valence-electron chi connectivity index (χ3n) is 4.49. The molecule has 0 atom stereocenters. The largest absolute Gasteiger partial charge is 0.368 e. The second-order valence-electron chi connectivity index (χ2n) is 6.33. The molecular formula is C17H21ClN6O2. The molecule has 1 aromatic carbocycles. The number of anilines is 2. The van der Waals surface area contributed by atoms with Crippen molar-refractivity contribution in [1.29, 1.82) is 0 Å². The zero-order valence-corrected chi connectivity index (χ0v) is 15.0. The molecule has 9 heteroatoms. The number of benzene rings is 1. The molecule has 1 saturated heterocycles. The molecule has 8 nitrogen and oxygen atoms in total. The zero-order valence-electron chi connectivity index (χ0n) is 14.2. The topological polar surface area (TPSA) is 119 Å². The molecule has 1 fully saturated rings. The molecule has 0 amide bonds. The first-order valence-electron chi connectivity index (χ1n) is 8.53. The molecule has 1 aliphatic rings. The van der Waals surface area contributed by atoms with E-state index in [1.165, 1.54) is 0 Å². The summed E-state index contributed by atoms with van der Waals surface area (Å²) in [5.41, 5.74) is 6.66. The van der Waals surface area contributed by atoms with Gasteiger partial charge in [0, 0.05) is 18.0 Å². The minimum absolute atomic E-state index is 0.00506. The quantitative estimate of drug-likeness (QED) is 0.523. The van der Waals surface area contributed by atoms with E-state index < -0.39 is 4.92 Å². The molecular weight excluding hydrogens is 356 g/mol. The van der Waals surface area contributed by atoms with E-state index >= 15 is 0 Å². The number of nitrogens with two attached hydrogens (primary N) is 1. The lowest BCUT2D eigenvalue weighted by molar-refractivity contribution is -0.385. The van der Waals surface area contributed by atoms with Crippen LogP contribution in [0.25, 0.3) is 0 Å². The number of rotatable bonds is 6. The Bertz CT molecular complexity index is 795. The standard InChI is InChI=1S/C17H21ClN6O2/c18-13-4-2-1-3-12(13)9-14-15(24(25)26)16(23-17(19)22-14)21-10-11-5-7-20-8-6-11/h1-4,11,20H,5-10H2,(H3,19,21,22,23). The van der Waals surface area contributed by atoms with Crippen LogP contribution < -0.4 is 16.4 Å². The maximum atomic E-state index is 11.7. The number of hydrogen-bond acceptors (Lipinski definition) is 7. The number of hydrogen-bond donors (Lipinski definition) is 3. The molecule has 0 aliphatic carbocycles. The number of nitro groups is 1. The van der Waals surface area contributed by atoms with Crippen LogP contribution in [0.4, 0.5) is 17.5 Å². The summed E-state index contributed by atoms with van der Waals surface area (Å²) >= 11 is 6.18. The average molecular weight is 377 g/mol. The molecule has 138 valence electrons. The molecule has 0 unspecified atom stereocenters. The monoisotopic (exact) mass is 376 g/mol. The molecule has 2 heterocycles. The highest BCUT2D eigenvalue weighted by atomic mass is 35.5. The van der Waals surface area contributed by atoms with Crippen molar-refractivity contribution in [3.05, 3.63) is 50.7 Å². The van der Waals surface area contributed by atoms with Gasteiger partial charge in [-0.25, -0.2) is 4.98 Å². The maximum Gasteiger partial charge on any atom is 0.333 e. The number of halogens is 1. The summed E-state index contributed by atoms with van der Waals surface area (Å²) in [6.45, 7) is 2.53. The minimum atomic E-state index is -0.462. The van der Waals surface area contributed by atoms with Gasteiger partial charge in [-0.3, -0.25) is 10.1 Å². The van der Waals surface area contributed by atoms with Crippen molar-refractivity contribution >= 4 is 29.1 Å². The van der Waals surface area contributed by atoms with Gasteiger partial charge in [-0.2, -0.15) is 4.98 Å². The van der Waals surface area contributed by atoms with E-state index in [2.05, 4.69) is 20.6 Å². The Labute approximate surface area is 156 Å². The normalized spacial score (nSPS) is 15.0. The van der Waals surface area contributed by atoms with E-state index in [9.17, 15) is 10.1 Å². The summed E-state index contributed by atoms with van der Waals surface area (Å²) in [6, 6.07) is 7.19. The van der Waals surface area contributed by atoms with E-state index in [-0.39, 0.29) is 29.6 Å². The number of piperidine rings is 1. The fourth-order valence-electron chi connectivity index (χ4n) is 3.11. The molecule has 26 heavy (non-hydrogen) atoms. The first-order chi connectivity index (χ1) is 12.5. The predicted molar refractivity (Wildman–Crippen MR) is 101 cm³/mol. The Hall–Kier alpha value is -2.45. The van der Waals surface area contributed by atoms with E-state index in [1.807, 2.05) is 12.1 Å².